The third-order valence-electron chi connectivity index (χ3n) is 3.54. The number of aliphatic hydroxyl groups is 1. The Morgan fingerprint density at radius 1 is 1.38 bits per heavy atom. The van der Waals surface area contributed by atoms with Gasteiger partial charge in [0.1, 0.15) is 23.4 Å². The number of likely N-dealkylation sites (N-methyl/N-ethyl adjacent to an activating group) is 1. The minimum atomic E-state index is -0.510. The molecule has 0 saturated heterocycles. The molecule has 3 N–H and O–H groups in total. The Labute approximate surface area is 132 Å². The van der Waals surface area contributed by atoms with E-state index in [-0.39, 0.29) is 6.61 Å². The summed E-state index contributed by atoms with van der Waals surface area (Å²) in [6, 6.07) is 7.73. The Bertz CT molecular complexity index is 436. The fourth-order valence-corrected chi connectivity index (χ4v) is 2.25. The lowest BCUT2D eigenvalue weighted by Gasteiger charge is -2.26. The van der Waals surface area contributed by atoms with Gasteiger partial charge in [-0.15, -0.1) is 0 Å². The lowest BCUT2D eigenvalue weighted by Crippen LogP contribution is -2.38. The van der Waals surface area contributed by atoms with Gasteiger partial charge in [-0.05, 0) is 44.7 Å². The summed E-state index contributed by atoms with van der Waals surface area (Å²) in [5.74, 6) is 0.707. The van der Waals surface area contributed by atoms with Gasteiger partial charge in [0, 0.05) is 18.2 Å². The van der Waals surface area contributed by atoms with Crippen molar-refractivity contribution in [1.29, 1.82) is 0 Å². The van der Waals surface area contributed by atoms with Crippen molar-refractivity contribution < 1.29 is 9.84 Å². The summed E-state index contributed by atoms with van der Waals surface area (Å²) in [7, 11) is 2.03. The molecule has 0 aliphatic heterocycles. The van der Waals surface area contributed by atoms with Crippen LogP contribution in [0.3, 0.4) is 0 Å². The molecule has 2 atom stereocenters. The minimum Gasteiger partial charge on any atom is -0.491 e. The van der Waals surface area contributed by atoms with Crippen LogP contribution in [0.5, 0.6) is 5.75 Å². The van der Waals surface area contributed by atoms with Crippen molar-refractivity contribution in [2.45, 2.75) is 38.8 Å². The molecule has 0 heterocycles. The number of hydrogen-bond donors (Lipinski definition) is 2. The van der Waals surface area contributed by atoms with E-state index in [0.717, 1.165) is 18.4 Å². The van der Waals surface area contributed by atoms with E-state index in [1.54, 1.807) is 0 Å². The highest BCUT2D eigenvalue weighted by atomic mass is 32.1. The Morgan fingerprint density at radius 2 is 2.00 bits per heavy atom. The lowest BCUT2D eigenvalue weighted by molar-refractivity contribution is 0.0641. The third-order valence-corrected chi connectivity index (χ3v) is 3.77. The maximum Gasteiger partial charge on any atom is 0.119 e. The molecule has 1 aromatic rings. The van der Waals surface area contributed by atoms with E-state index in [1.165, 1.54) is 0 Å². The molecular weight excluding hydrogens is 284 g/mol. The summed E-state index contributed by atoms with van der Waals surface area (Å²) in [6.07, 6.45) is 1.77. The minimum absolute atomic E-state index is 0.273. The number of aliphatic hydroxyl groups excluding tert-OH is 1. The first-order valence-electron chi connectivity index (χ1n) is 7.35. The zero-order valence-electron chi connectivity index (χ0n) is 13.1. The largest absolute Gasteiger partial charge is 0.491 e. The quantitative estimate of drug-likeness (QED) is 0.685. The smallest absolute Gasteiger partial charge is 0.119 e. The molecule has 0 spiro atoms. The number of nitrogens with zero attached hydrogens (tertiary/aromatic N) is 1. The molecule has 0 aliphatic carbocycles. The number of benzene rings is 1. The summed E-state index contributed by atoms with van der Waals surface area (Å²) >= 11 is 4.90. The monoisotopic (exact) mass is 310 g/mol. The number of rotatable bonds is 9. The van der Waals surface area contributed by atoms with Crippen molar-refractivity contribution in [3.8, 4) is 5.75 Å². The second-order valence-electron chi connectivity index (χ2n) is 5.43. The first-order valence-corrected chi connectivity index (χ1v) is 7.75. The molecule has 0 saturated carbocycles. The molecule has 1 aromatic carbocycles. The van der Waals surface area contributed by atoms with Crippen LogP contribution in [0.2, 0.25) is 0 Å². The molecule has 0 amide bonds. The summed E-state index contributed by atoms with van der Waals surface area (Å²) in [6.45, 7) is 5.22. The molecule has 118 valence electrons. The zero-order chi connectivity index (χ0) is 15.8. The second kappa shape index (κ2) is 8.97. The molecule has 0 aromatic heterocycles. The maximum atomic E-state index is 10.0. The second-order valence-corrected chi connectivity index (χ2v) is 5.87. The predicted molar refractivity (Wildman–Crippen MR) is 90.8 cm³/mol. The van der Waals surface area contributed by atoms with Crippen LogP contribution in [0, 0.1) is 0 Å². The average Bonchev–Trinajstić information content (AvgIpc) is 2.45. The van der Waals surface area contributed by atoms with Crippen LogP contribution in [0.25, 0.3) is 0 Å². The highest BCUT2D eigenvalue weighted by Crippen LogP contribution is 2.13. The van der Waals surface area contributed by atoms with Crippen LogP contribution in [-0.2, 0) is 0 Å². The van der Waals surface area contributed by atoms with Gasteiger partial charge in [-0.3, -0.25) is 0 Å². The molecular formula is C16H26N2O2S. The van der Waals surface area contributed by atoms with E-state index in [2.05, 4.69) is 18.7 Å². The summed E-state index contributed by atoms with van der Waals surface area (Å²) in [5.41, 5.74) is 6.35. The number of hydrogen-bond acceptors (Lipinski definition) is 4. The SMILES string of the molecule is CCCC(C)N(C)CC(O)COc1ccc(C(N)=S)cc1. The van der Waals surface area contributed by atoms with Gasteiger partial charge >= 0.3 is 0 Å². The van der Waals surface area contributed by atoms with Crippen LogP contribution in [0.4, 0.5) is 0 Å². The topological polar surface area (TPSA) is 58.7 Å². The van der Waals surface area contributed by atoms with E-state index in [1.807, 2.05) is 31.3 Å². The van der Waals surface area contributed by atoms with Crippen molar-refractivity contribution in [3.63, 3.8) is 0 Å². The van der Waals surface area contributed by atoms with Crippen molar-refractivity contribution in [3.05, 3.63) is 29.8 Å². The Balaban J connectivity index is 2.38. The van der Waals surface area contributed by atoms with E-state index in [0.29, 0.717) is 23.3 Å². The van der Waals surface area contributed by atoms with E-state index in [9.17, 15) is 5.11 Å². The van der Waals surface area contributed by atoms with Crippen LogP contribution in [-0.4, -0.2) is 47.3 Å². The molecule has 0 radical (unpaired) electrons. The van der Waals surface area contributed by atoms with Gasteiger partial charge in [-0.1, -0.05) is 25.6 Å². The standard InChI is InChI=1S/C16H26N2O2S/c1-4-5-12(2)18(3)10-14(19)11-20-15-8-6-13(7-9-15)16(17)21/h6-9,12,14,19H,4-5,10-11H2,1-3H3,(H2,17,21). The summed E-state index contributed by atoms with van der Waals surface area (Å²) in [4.78, 5) is 2.53. The van der Waals surface area contributed by atoms with Crippen LogP contribution in [0.1, 0.15) is 32.3 Å². The van der Waals surface area contributed by atoms with E-state index in [4.69, 9.17) is 22.7 Å². The zero-order valence-corrected chi connectivity index (χ0v) is 13.9. The van der Waals surface area contributed by atoms with Crippen LogP contribution < -0.4 is 10.5 Å². The first-order chi connectivity index (χ1) is 9.93. The van der Waals surface area contributed by atoms with Crippen molar-refractivity contribution >= 4 is 17.2 Å². The Hall–Kier alpha value is -1.17. The van der Waals surface area contributed by atoms with Crippen molar-refractivity contribution in [2.24, 2.45) is 5.73 Å². The third kappa shape index (κ3) is 6.42. The van der Waals surface area contributed by atoms with Crippen molar-refractivity contribution in [1.82, 2.24) is 4.90 Å². The lowest BCUT2D eigenvalue weighted by atomic mass is 10.1. The predicted octanol–water partition coefficient (Wildman–Crippen LogP) is 2.18. The van der Waals surface area contributed by atoms with Crippen LogP contribution in [0.15, 0.2) is 24.3 Å². The molecule has 0 fully saturated rings. The van der Waals surface area contributed by atoms with Gasteiger partial charge in [0.15, 0.2) is 0 Å². The molecule has 5 heteroatoms. The van der Waals surface area contributed by atoms with Gasteiger partial charge in [0.05, 0.1) is 0 Å². The highest BCUT2D eigenvalue weighted by molar-refractivity contribution is 7.80. The normalized spacial score (nSPS) is 14.0. The highest BCUT2D eigenvalue weighted by Gasteiger charge is 2.13. The summed E-state index contributed by atoms with van der Waals surface area (Å²) in [5, 5.41) is 10.0. The van der Waals surface area contributed by atoms with Gasteiger partial charge < -0.3 is 20.5 Å². The van der Waals surface area contributed by atoms with Gasteiger partial charge in [-0.25, -0.2) is 0 Å². The van der Waals surface area contributed by atoms with Gasteiger partial charge in [0.25, 0.3) is 0 Å². The number of thiocarbonyl (C=S) groups is 1. The number of nitrogens with two attached hydrogens (primary N) is 1. The Morgan fingerprint density at radius 3 is 2.52 bits per heavy atom. The molecule has 21 heavy (non-hydrogen) atoms. The molecule has 4 nitrogen and oxygen atoms in total. The Kier molecular flexibility index (Phi) is 7.64. The molecule has 1 rings (SSSR count). The number of ether oxygens (including phenoxy) is 1. The molecule has 2 unspecified atom stereocenters. The van der Waals surface area contributed by atoms with E-state index < -0.39 is 6.10 Å². The maximum absolute atomic E-state index is 10.0. The van der Waals surface area contributed by atoms with Crippen molar-refractivity contribution in [2.75, 3.05) is 20.2 Å². The average molecular weight is 310 g/mol. The first kappa shape index (κ1) is 17.9. The molecule has 0 bridgehead atoms. The van der Waals surface area contributed by atoms with E-state index >= 15 is 0 Å². The molecule has 0 aliphatic rings. The summed E-state index contributed by atoms with van der Waals surface area (Å²) < 4.78 is 5.58. The fourth-order valence-electron chi connectivity index (χ4n) is 2.11. The fraction of sp³-hybridized carbons (Fsp3) is 0.562. The van der Waals surface area contributed by atoms with Gasteiger partial charge in [-0.2, -0.15) is 0 Å². The van der Waals surface area contributed by atoms with Crippen LogP contribution >= 0.6 is 12.2 Å². The van der Waals surface area contributed by atoms with Gasteiger partial charge in [0.2, 0.25) is 0 Å².